The molecule has 1 heterocycles. The quantitative estimate of drug-likeness (QED) is 0.867. The fourth-order valence-corrected chi connectivity index (χ4v) is 1.67. The molecule has 0 aliphatic rings. The van der Waals surface area contributed by atoms with E-state index in [9.17, 15) is 5.11 Å². The Morgan fingerprint density at radius 2 is 2.14 bits per heavy atom. The molecule has 2 rings (SSSR count). The molecule has 1 atom stereocenters. The summed E-state index contributed by atoms with van der Waals surface area (Å²) in [7, 11) is 0. The molecule has 4 heteroatoms. The van der Waals surface area contributed by atoms with Crippen LogP contribution in [0.3, 0.4) is 0 Å². The maximum absolute atomic E-state index is 9.34. The van der Waals surface area contributed by atoms with Crippen LogP contribution in [0.1, 0.15) is 11.9 Å². The molecule has 0 bridgehead atoms. The third kappa shape index (κ3) is 1.68. The summed E-state index contributed by atoms with van der Waals surface area (Å²) in [6, 6.07) is 7.29. The predicted molar refractivity (Wildman–Crippen MR) is 56.0 cm³/mol. The molecular weight excluding hydrogens is 248 g/mol. The summed E-state index contributed by atoms with van der Waals surface area (Å²) in [5.41, 5.74) is 0.704. The molecule has 1 aromatic heterocycles. The SMILES string of the molecule is OC[C@H](O)c1cc2cc(Br)ccc2o1. The maximum Gasteiger partial charge on any atom is 0.136 e. The zero-order valence-corrected chi connectivity index (χ0v) is 8.86. The van der Waals surface area contributed by atoms with Crippen molar-refractivity contribution in [2.45, 2.75) is 6.10 Å². The van der Waals surface area contributed by atoms with Crippen molar-refractivity contribution in [3.05, 3.63) is 34.5 Å². The molecule has 0 saturated heterocycles. The first-order chi connectivity index (χ1) is 6.70. The van der Waals surface area contributed by atoms with E-state index in [1.807, 2.05) is 18.2 Å². The third-order valence-electron chi connectivity index (χ3n) is 2.00. The van der Waals surface area contributed by atoms with Crippen LogP contribution in [0.25, 0.3) is 11.0 Å². The van der Waals surface area contributed by atoms with E-state index < -0.39 is 6.10 Å². The number of rotatable bonds is 2. The van der Waals surface area contributed by atoms with Crippen LogP contribution < -0.4 is 0 Å². The highest BCUT2D eigenvalue weighted by atomic mass is 79.9. The van der Waals surface area contributed by atoms with Crippen LogP contribution in [0.4, 0.5) is 0 Å². The van der Waals surface area contributed by atoms with Crippen molar-refractivity contribution in [3.8, 4) is 0 Å². The largest absolute Gasteiger partial charge is 0.458 e. The lowest BCUT2D eigenvalue weighted by molar-refractivity contribution is 0.0789. The lowest BCUT2D eigenvalue weighted by atomic mass is 10.2. The molecule has 2 aromatic rings. The van der Waals surface area contributed by atoms with E-state index in [-0.39, 0.29) is 6.61 Å². The Morgan fingerprint density at radius 3 is 2.86 bits per heavy atom. The lowest BCUT2D eigenvalue weighted by Crippen LogP contribution is -1.99. The molecule has 1 aromatic carbocycles. The fraction of sp³-hybridized carbons (Fsp3) is 0.200. The van der Waals surface area contributed by atoms with Crippen LogP contribution in [0.2, 0.25) is 0 Å². The number of hydrogen-bond acceptors (Lipinski definition) is 3. The Balaban J connectivity index is 2.51. The lowest BCUT2D eigenvalue weighted by Gasteiger charge is -2.00. The minimum absolute atomic E-state index is 0.332. The molecule has 0 unspecified atom stereocenters. The molecule has 0 spiro atoms. The fourth-order valence-electron chi connectivity index (χ4n) is 1.29. The van der Waals surface area contributed by atoms with E-state index in [1.165, 1.54) is 0 Å². The van der Waals surface area contributed by atoms with Gasteiger partial charge in [0.05, 0.1) is 6.61 Å². The molecule has 3 nitrogen and oxygen atoms in total. The van der Waals surface area contributed by atoms with E-state index in [0.29, 0.717) is 11.3 Å². The summed E-state index contributed by atoms with van der Waals surface area (Å²) >= 11 is 3.34. The highest BCUT2D eigenvalue weighted by Crippen LogP contribution is 2.26. The van der Waals surface area contributed by atoms with Gasteiger partial charge in [-0.25, -0.2) is 0 Å². The van der Waals surface area contributed by atoms with Crippen LogP contribution in [-0.2, 0) is 0 Å². The number of furan rings is 1. The van der Waals surface area contributed by atoms with Crippen molar-refractivity contribution < 1.29 is 14.6 Å². The Hall–Kier alpha value is -0.840. The highest BCUT2D eigenvalue weighted by molar-refractivity contribution is 9.10. The Morgan fingerprint density at radius 1 is 1.36 bits per heavy atom. The number of halogens is 1. The number of fused-ring (bicyclic) bond motifs is 1. The van der Waals surface area contributed by atoms with Gasteiger partial charge in [0.1, 0.15) is 17.4 Å². The van der Waals surface area contributed by atoms with Crippen molar-refractivity contribution in [1.82, 2.24) is 0 Å². The van der Waals surface area contributed by atoms with E-state index >= 15 is 0 Å². The topological polar surface area (TPSA) is 53.6 Å². The molecular formula is C10H9BrO3. The number of hydrogen-bond donors (Lipinski definition) is 2. The van der Waals surface area contributed by atoms with Crippen molar-refractivity contribution in [3.63, 3.8) is 0 Å². The van der Waals surface area contributed by atoms with Gasteiger partial charge in [-0.15, -0.1) is 0 Å². The van der Waals surface area contributed by atoms with Gasteiger partial charge < -0.3 is 14.6 Å². The predicted octanol–water partition coefficient (Wildman–Crippen LogP) is 2.22. The van der Waals surface area contributed by atoms with Gasteiger partial charge in [-0.1, -0.05) is 15.9 Å². The first kappa shape index (κ1) is 9.71. The van der Waals surface area contributed by atoms with Crippen molar-refractivity contribution >= 4 is 26.9 Å². The summed E-state index contributed by atoms with van der Waals surface area (Å²) in [6.07, 6.45) is -0.943. The Bertz CT molecular complexity index is 450. The van der Waals surface area contributed by atoms with E-state index in [2.05, 4.69) is 15.9 Å². The normalized spacial score (nSPS) is 13.4. The van der Waals surface area contributed by atoms with Crippen LogP contribution in [0.15, 0.2) is 33.2 Å². The van der Waals surface area contributed by atoms with Crippen molar-refractivity contribution in [2.24, 2.45) is 0 Å². The summed E-state index contributed by atoms with van der Waals surface area (Å²) < 4.78 is 6.30. The molecule has 0 aliphatic carbocycles. The highest BCUT2D eigenvalue weighted by Gasteiger charge is 2.11. The van der Waals surface area contributed by atoms with Crippen LogP contribution in [0.5, 0.6) is 0 Å². The second-order valence-corrected chi connectivity index (χ2v) is 3.94. The van der Waals surface area contributed by atoms with Crippen molar-refractivity contribution in [2.75, 3.05) is 6.61 Å². The minimum Gasteiger partial charge on any atom is -0.458 e. The summed E-state index contributed by atoms with van der Waals surface area (Å²) in [5, 5.41) is 19.0. The van der Waals surface area contributed by atoms with Gasteiger partial charge in [-0.2, -0.15) is 0 Å². The van der Waals surface area contributed by atoms with Gasteiger partial charge in [0.15, 0.2) is 0 Å². The molecule has 0 aliphatic heterocycles. The first-order valence-corrected chi connectivity index (χ1v) is 4.98. The Kier molecular flexibility index (Phi) is 2.58. The van der Waals surface area contributed by atoms with Gasteiger partial charge in [-0.05, 0) is 24.3 Å². The second kappa shape index (κ2) is 3.73. The molecule has 14 heavy (non-hydrogen) atoms. The van der Waals surface area contributed by atoms with Crippen LogP contribution >= 0.6 is 15.9 Å². The first-order valence-electron chi connectivity index (χ1n) is 4.18. The van der Waals surface area contributed by atoms with Gasteiger partial charge in [0.2, 0.25) is 0 Å². The molecule has 74 valence electrons. The monoisotopic (exact) mass is 256 g/mol. The molecule has 2 N–H and O–H groups in total. The van der Waals surface area contributed by atoms with E-state index in [1.54, 1.807) is 6.07 Å². The zero-order valence-electron chi connectivity index (χ0n) is 7.27. The summed E-state index contributed by atoms with van der Waals surface area (Å²) in [6.45, 7) is -0.332. The van der Waals surface area contributed by atoms with E-state index in [4.69, 9.17) is 9.52 Å². The van der Waals surface area contributed by atoms with Gasteiger partial charge >= 0.3 is 0 Å². The standard InChI is InChI=1S/C10H9BrO3/c11-7-1-2-9-6(3-7)4-10(14-9)8(13)5-12/h1-4,8,12-13H,5H2/t8-/m0/s1. The summed E-state index contributed by atoms with van der Waals surface area (Å²) in [4.78, 5) is 0. The van der Waals surface area contributed by atoms with Gasteiger partial charge in [-0.3, -0.25) is 0 Å². The average Bonchev–Trinajstić information content (AvgIpc) is 2.59. The summed E-state index contributed by atoms with van der Waals surface area (Å²) in [5.74, 6) is 0.389. The van der Waals surface area contributed by atoms with Gasteiger partial charge in [0, 0.05) is 9.86 Å². The minimum atomic E-state index is -0.943. The molecule has 0 saturated carbocycles. The Labute approximate surface area is 89.1 Å². The molecule has 0 fully saturated rings. The maximum atomic E-state index is 9.34. The third-order valence-corrected chi connectivity index (χ3v) is 2.49. The van der Waals surface area contributed by atoms with E-state index in [0.717, 1.165) is 9.86 Å². The van der Waals surface area contributed by atoms with Crippen molar-refractivity contribution in [1.29, 1.82) is 0 Å². The van der Waals surface area contributed by atoms with Gasteiger partial charge in [0.25, 0.3) is 0 Å². The average molecular weight is 257 g/mol. The smallest absolute Gasteiger partial charge is 0.136 e. The van der Waals surface area contributed by atoms with Crippen LogP contribution in [0, 0.1) is 0 Å². The number of aliphatic hydroxyl groups is 2. The van der Waals surface area contributed by atoms with Crippen LogP contribution in [-0.4, -0.2) is 16.8 Å². The zero-order chi connectivity index (χ0) is 10.1. The molecule has 0 amide bonds. The second-order valence-electron chi connectivity index (χ2n) is 3.03. The molecule has 0 radical (unpaired) electrons. The number of benzene rings is 1. The number of aliphatic hydroxyl groups excluding tert-OH is 2.